The molecule has 2 N–H and O–H groups in total. The third-order valence-corrected chi connectivity index (χ3v) is 5.44. The van der Waals surface area contributed by atoms with Gasteiger partial charge in [0.1, 0.15) is 0 Å². The highest BCUT2D eigenvalue weighted by atomic mass is 16.5. The van der Waals surface area contributed by atoms with Crippen LogP contribution in [0, 0.1) is 5.92 Å². The summed E-state index contributed by atoms with van der Waals surface area (Å²) in [7, 11) is 1.80. The number of hydrogen-bond acceptors (Lipinski definition) is 3. The van der Waals surface area contributed by atoms with Crippen LogP contribution < -0.4 is 10.6 Å². The number of rotatable bonds is 8. The number of carbonyl (C=O) groups is 1. The molecule has 2 fully saturated rings. The van der Waals surface area contributed by atoms with Crippen LogP contribution in [0.15, 0.2) is 4.99 Å². The molecule has 2 aliphatic rings. The monoisotopic (exact) mass is 352 g/mol. The highest BCUT2D eigenvalue weighted by Crippen LogP contribution is 2.30. The van der Waals surface area contributed by atoms with Crippen LogP contribution in [0.4, 0.5) is 0 Å². The zero-order valence-corrected chi connectivity index (χ0v) is 16.2. The lowest BCUT2D eigenvalue weighted by molar-refractivity contribution is -0.129. The molecule has 2 unspecified atom stereocenters. The van der Waals surface area contributed by atoms with Crippen LogP contribution >= 0.6 is 0 Å². The first-order valence-electron chi connectivity index (χ1n) is 10.0. The first kappa shape index (κ1) is 20.0. The van der Waals surface area contributed by atoms with Crippen LogP contribution in [0.5, 0.6) is 0 Å². The van der Waals surface area contributed by atoms with E-state index in [9.17, 15) is 4.79 Å². The van der Waals surface area contributed by atoms with Gasteiger partial charge < -0.3 is 20.3 Å². The molecule has 0 aromatic carbocycles. The number of ether oxygens (including phenoxy) is 1. The summed E-state index contributed by atoms with van der Waals surface area (Å²) in [6.45, 7) is 7.27. The van der Waals surface area contributed by atoms with Crippen LogP contribution in [0.25, 0.3) is 0 Å². The lowest BCUT2D eigenvalue weighted by atomic mass is 9.98. The first-order valence-corrected chi connectivity index (χ1v) is 10.0. The van der Waals surface area contributed by atoms with E-state index in [4.69, 9.17) is 4.74 Å². The molecule has 25 heavy (non-hydrogen) atoms. The van der Waals surface area contributed by atoms with Gasteiger partial charge in [0, 0.05) is 45.8 Å². The van der Waals surface area contributed by atoms with Crippen molar-refractivity contribution >= 4 is 11.9 Å². The summed E-state index contributed by atoms with van der Waals surface area (Å²) in [5.74, 6) is 1.79. The third kappa shape index (κ3) is 6.17. The Balaban J connectivity index is 1.71. The van der Waals surface area contributed by atoms with Crippen molar-refractivity contribution < 1.29 is 9.53 Å². The van der Waals surface area contributed by atoms with E-state index in [0.29, 0.717) is 18.6 Å². The van der Waals surface area contributed by atoms with Crippen LogP contribution in [0.3, 0.4) is 0 Å². The van der Waals surface area contributed by atoms with Crippen molar-refractivity contribution in [3.8, 4) is 0 Å². The molecular formula is C19H36N4O2. The van der Waals surface area contributed by atoms with E-state index in [1.165, 1.54) is 25.7 Å². The van der Waals surface area contributed by atoms with Gasteiger partial charge in [-0.05, 0) is 38.5 Å². The molecule has 1 aliphatic carbocycles. The molecule has 1 amide bonds. The van der Waals surface area contributed by atoms with Crippen molar-refractivity contribution in [1.29, 1.82) is 0 Å². The van der Waals surface area contributed by atoms with Gasteiger partial charge >= 0.3 is 0 Å². The predicted molar refractivity (Wildman–Crippen MR) is 102 cm³/mol. The van der Waals surface area contributed by atoms with Gasteiger partial charge in [-0.2, -0.15) is 0 Å². The van der Waals surface area contributed by atoms with E-state index in [2.05, 4.69) is 22.5 Å². The van der Waals surface area contributed by atoms with Crippen molar-refractivity contribution in [2.75, 3.05) is 33.3 Å². The molecule has 0 bridgehead atoms. The quantitative estimate of drug-likeness (QED) is 0.519. The first-order chi connectivity index (χ1) is 12.2. The third-order valence-electron chi connectivity index (χ3n) is 5.44. The molecule has 0 aromatic heterocycles. The van der Waals surface area contributed by atoms with E-state index in [0.717, 1.165) is 51.0 Å². The second-order valence-electron chi connectivity index (χ2n) is 7.15. The normalized spacial score (nSPS) is 23.1. The number of guanidine groups is 1. The Morgan fingerprint density at radius 2 is 2.04 bits per heavy atom. The molecule has 1 aliphatic heterocycles. The molecule has 144 valence electrons. The van der Waals surface area contributed by atoms with E-state index in [1.807, 2.05) is 11.8 Å². The minimum atomic E-state index is 0.239. The summed E-state index contributed by atoms with van der Waals surface area (Å²) < 4.78 is 5.98. The number of likely N-dealkylation sites (tertiary alicyclic amines) is 1. The van der Waals surface area contributed by atoms with Crippen molar-refractivity contribution in [2.45, 2.75) is 70.9 Å². The van der Waals surface area contributed by atoms with E-state index >= 15 is 0 Å². The van der Waals surface area contributed by atoms with Crippen molar-refractivity contribution in [1.82, 2.24) is 15.5 Å². The molecule has 0 aromatic rings. The fourth-order valence-corrected chi connectivity index (χ4v) is 4.05. The number of nitrogens with zero attached hydrogens (tertiary/aromatic N) is 2. The topological polar surface area (TPSA) is 66.0 Å². The fraction of sp³-hybridized carbons (Fsp3) is 0.895. The largest absolute Gasteiger partial charge is 0.378 e. The van der Waals surface area contributed by atoms with Gasteiger partial charge in [-0.3, -0.25) is 9.79 Å². The van der Waals surface area contributed by atoms with Crippen molar-refractivity contribution in [2.24, 2.45) is 10.9 Å². The molecule has 1 heterocycles. The minimum Gasteiger partial charge on any atom is -0.378 e. The van der Waals surface area contributed by atoms with Crippen molar-refractivity contribution in [3.05, 3.63) is 0 Å². The Hall–Kier alpha value is -1.30. The zero-order chi connectivity index (χ0) is 18.1. The van der Waals surface area contributed by atoms with Crippen LogP contribution in [0.2, 0.25) is 0 Å². The van der Waals surface area contributed by atoms with Crippen LogP contribution in [-0.2, 0) is 9.53 Å². The average Bonchev–Trinajstić information content (AvgIpc) is 3.31. The van der Waals surface area contributed by atoms with Gasteiger partial charge in [-0.1, -0.05) is 19.8 Å². The Morgan fingerprint density at radius 3 is 2.68 bits per heavy atom. The summed E-state index contributed by atoms with van der Waals surface area (Å²) in [6.07, 6.45) is 8.25. The smallest absolute Gasteiger partial charge is 0.222 e. The van der Waals surface area contributed by atoms with Crippen molar-refractivity contribution in [3.63, 3.8) is 0 Å². The van der Waals surface area contributed by atoms with Crippen LogP contribution in [0.1, 0.15) is 58.8 Å². The average molecular weight is 353 g/mol. The molecular weight excluding hydrogens is 316 g/mol. The molecule has 6 nitrogen and oxygen atoms in total. The number of aliphatic imine (C=N–C) groups is 1. The lowest BCUT2D eigenvalue weighted by Gasteiger charge is -2.24. The number of amides is 1. The summed E-state index contributed by atoms with van der Waals surface area (Å²) in [5.41, 5.74) is 0. The summed E-state index contributed by atoms with van der Waals surface area (Å²) in [5, 5.41) is 6.88. The van der Waals surface area contributed by atoms with Gasteiger partial charge in [-0.15, -0.1) is 0 Å². The maximum absolute atomic E-state index is 11.8. The summed E-state index contributed by atoms with van der Waals surface area (Å²) >= 11 is 0. The van der Waals surface area contributed by atoms with Gasteiger partial charge in [0.2, 0.25) is 5.91 Å². The molecule has 1 saturated carbocycles. The van der Waals surface area contributed by atoms with E-state index < -0.39 is 0 Å². The Labute approximate surface area is 152 Å². The second kappa shape index (κ2) is 10.6. The number of nitrogens with one attached hydrogen (secondary N) is 2. The van der Waals surface area contributed by atoms with Gasteiger partial charge in [0.05, 0.1) is 6.10 Å². The van der Waals surface area contributed by atoms with Gasteiger partial charge in [0.15, 0.2) is 5.96 Å². The second-order valence-corrected chi connectivity index (χ2v) is 7.15. The minimum absolute atomic E-state index is 0.239. The Morgan fingerprint density at radius 1 is 1.28 bits per heavy atom. The van der Waals surface area contributed by atoms with Gasteiger partial charge in [0.25, 0.3) is 0 Å². The summed E-state index contributed by atoms with van der Waals surface area (Å²) in [4.78, 5) is 18.1. The van der Waals surface area contributed by atoms with Gasteiger partial charge in [-0.25, -0.2) is 0 Å². The molecule has 0 spiro atoms. The van der Waals surface area contributed by atoms with E-state index in [-0.39, 0.29) is 5.91 Å². The number of hydrogen-bond donors (Lipinski definition) is 2. The SMILES string of the molecule is CCOC(CCNC(=NC)NC1CCN(C(=O)CC)C1)C1CCCC1. The Bertz CT molecular complexity index is 435. The fourth-order valence-electron chi connectivity index (χ4n) is 4.05. The molecule has 0 radical (unpaired) electrons. The van der Waals surface area contributed by atoms with Crippen LogP contribution in [-0.4, -0.2) is 62.2 Å². The van der Waals surface area contributed by atoms with E-state index in [1.54, 1.807) is 7.05 Å². The summed E-state index contributed by atoms with van der Waals surface area (Å²) in [6, 6.07) is 0.291. The zero-order valence-electron chi connectivity index (χ0n) is 16.2. The molecule has 2 rings (SSSR count). The number of carbonyl (C=O) groups excluding carboxylic acids is 1. The predicted octanol–water partition coefficient (Wildman–Crippen LogP) is 2.15. The highest BCUT2D eigenvalue weighted by Gasteiger charge is 2.27. The highest BCUT2D eigenvalue weighted by molar-refractivity contribution is 5.80. The maximum Gasteiger partial charge on any atom is 0.222 e. The maximum atomic E-state index is 11.8. The Kier molecular flexibility index (Phi) is 8.52. The molecule has 1 saturated heterocycles. The molecule has 6 heteroatoms. The standard InChI is InChI=1S/C19H36N4O2/c1-4-18(24)23-13-11-16(14-23)22-19(20-3)21-12-10-17(25-5-2)15-8-6-7-9-15/h15-17H,4-14H2,1-3H3,(H2,20,21,22). The molecule has 2 atom stereocenters. The lowest BCUT2D eigenvalue weighted by Crippen LogP contribution is -2.45.